The Bertz CT molecular complexity index is 981. The molecule has 168 valence electrons. The minimum atomic E-state index is -3.28. The predicted molar refractivity (Wildman–Crippen MR) is 125 cm³/mol. The normalized spacial score (nSPS) is 16.7. The van der Waals surface area contributed by atoms with Gasteiger partial charge in [-0.3, -0.25) is 4.79 Å². The fraction of sp³-hybridized carbons (Fsp3) is 0.480. The van der Waals surface area contributed by atoms with Gasteiger partial charge in [0.05, 0.1) is 11.8 Å². The molecule has 1 heterocycles. The Morgan fingerprint density at radius 1 is 1.06 bits per heavy atom. The van der Waals surface area contributed by atoms with E-state index in [-0.39, 0.29) is 23.6 Å². The third-order valence-electron chi connectivity index (χ3n) is 6.32. The fourth-order valence-electron chi connectivity index (χ4n) is 4.08. The van der Waals surface area contributed by atoms with E-state index in [0.717, 1.165) is 17.5 Å². The molecule has 0 saturated carbocycles. The van der Waals surface area contributed by atoms with E-state index in [0.29, 0.717) is 32.4 Å². The largest absolute Gasteiger partial charge is 0.349 e. The zero-order chi connectivity index (χ0) is 22.4. The molecule has 0 aliphatic carbocycles. The van der Waals surface area contributed by atoms with Crippen molar-refractivity contribution < 1.29 is 13.2 Å². The summed E-state index contributed by atoms with van der Waals surface area (Å²) in [5.41, 5.74) is 4.70. The van der Waals surface area contributed by atoms with Crippen LogP contribution in [0, 0.1) is 19.8 Å². The summed E-state index contributed by atoms with van der Waals surface area (Å²) in [6, 6.07) is 16.1. The van der Waals surface area contributed by atoms with Gasteiger partial charge in [-0.1, -0.05) is 48.5 Å². The molecule has 0 spiro atoms. The Kier molecular flexibility index (Phi) is 7.89. The van der Waals surface area contributed by atoms with Crippen LogP contribution in [-0.2, 0) is 21.2 Å². The van der Waals surface area contributed by atoms with Crippen molar-refractivity contribution in [1.82, 2.24) is 9.62 Å². The second kappa shape index (κ2) is 10.4. The van der Waals surface area contributed by atoms with Gasteiger partial charge in [0.15, 0.2) is 0 Å². The van der Waals surface area contributed by atoms with Crippen LogP contribution < -0.4 is 5.32 Å². The molecule has 1 amide bonds. The SMILES string of the molecule is Cc1ccc([C@H](C)NC(=O)C2CCN(S(=O)(=O)CCCc3ccccc3)CC2)cc1C. The first-order chi connectivity index (χ1) is 14.8. The highest BCUT2D eigenvalue weighted by Crippen LogP contribution is 2.23. The summed E-state index contributed by atoms with van der Waals surface area (Å²) < 4.78 is 27.0. The van der Waals surface area contributed by atoms with E-state index in [1.165, 1.54) is 11.1 Å². The third kappa shape index (κ3) is 6.40. The van der Waals surface area contributed by atoms with Crippen LogP contribution >= 0.6 is 0 Å². The molecule has 5 nitrogen and oxygen atoms in total. The van der Waals surface area contributed by atoms with E-state index in [1.807, 2.05) is 37.3 Å². The highest BCUT2D eigenvalue weighted by Gasteiger charge is 2.31. The smallest absolute Gasteiger partial charge is 0.223 e. The molecule has 2 aromatic carbocycles. The Morgan fingerprint density at radius 3 is 2.39 bits per heavy atom. The lowest BCUT2D eigenvalue weighted by molar-refractivity contribution is -0.126. The van der Waals surface area contributed by atoms with Gasteiger partial charge in [0, 0.05) is 19.0 Å². The molecule has 1 atom stereocenters. The third-order valence-corrected chi connectivity index (χ3v) is 8.27. The second-order valence-corrected chi connectivity index (χ2v) is 10.7. The van der Waals surface area contributed by atoms with Crippen molar-refractivity contribution >= 4 is 15.9 Å². The summed E-state index contributed by atoms with van der Waals surface area (Å²) in [6.45, 7) is 6.98. The lowest BCUT2D eigenvalue weighted by atomic mass is 9.96. The van der Waals surface area contributed by atoms with Crippen molar-refractivity contribution in [2.75, 3.05) is 18.8 Å². The van der Waals surface area contributed by atoms with E-state index in [1.54, 1.807) is 4.31 Å². The monoisotopic (exact) mass is 442 g/mol. The quantitative estimate of drug-likeness (QED) is 0.668. The molecule has 1 aliphatic heterocycles. The summed E-state index contributed by atoms with van der Waals surface area (Å²) >= 11 is 0. The van der Waals surface area contributed by atoms with E-state index in [9.17, 15) is 13.2 Å². The van der Waals surface area contributed by atoms with Gasteiger partial charge in [-0.15, -0.1) is 0 Å². The van der Waals surface area contributed by atoms with Crippen molar-refractivity contribution in [2.24, 2.45) is 5.92 Å². The number of rotatable bonds is 8. The second-order valence-electron chi connectivity index (χ2n) is 8.65. The van der Waals surface area contributed by atoms with E-state index in [2.05, 4.69) is 37.4 Å². The van der Waals surface area contributed by atoms with Crippen LogP contribution in [0.2, 0.25) is 0 Å². The molecule has 0 aromatic heterocycles. The lowest BCUT2D eigenvalue weighted by Gasteiger charge is -2.31. The number of aryl methyl sites for hydroxylation is 3. The zero-order valence-corrected chi connectivity index (χ0v) is 19.6. The molecular weight excluding hydrogens is 408 g/mol. The first-order valence-electron chi connectivity index (χ1n) is 11.2. The van der Waals surface area contributed by atoms with Crippen LogP contribution in [0.5, 0.6) is 0 Å². The number of sulfonamides is 1. The van der Waals surface area contributed by atoms with Gasteiger partial charge in [-0.2, -0.15) is 0 Å². The minimum absolute atomic E-state index is 0.0202. The maximum atomic E-state index is 12.7. The molecule has 0 radical (unpaired) electrons. The maximum absolute atomic E-state index is 12.7. The summed E-state index contributed by atoms with van der Waals surface area (Å²) in [6.07, 6.45) is 2.52. The molecule has 1 aliphatic rings. The number of carbonyl (C=O) groups is 1. The number of amides is 1. The van der Waals surface area contributed by atoms with Gasteiger partial charge in [-0.05, 0) is 68.7 Å². The average Bonchev–Trinajstić information content (AvgIpc) is 2.76. The maximum Gasteiger partial charge on any atom is 0.223 e. The van der Waals surface area contributed by atoms with E-state index >= 15 is 0 Å². The van der Waals surface area contributed by atoms with Crippen LogP contribution in [0.3, 0.4) is 0 Å². The predicted octanol–water partition coefficient (Wildman–Crippen LogP) is 4.16. The van der Waals surface area contributed by atoms with Gasteiger partial charge in [-0.25, -0.2) is 12.7 Å². The molecule has 0 bridgehead atoms. The molecule has 2 aromatic rings. The van der Waals surface area contributed by atoms with E-state index < -0.39 is 10.0 Å². The standard InChI is InChI=1S/C25H34N2O3S/c1-19-11-12-24(18-20(19)2)21(3)26-25(28)23-13-15-27(16-14-23)31(29,30)17-7-10-22-8-5-4-6-9-22/h4-6,8-9,11-12,18,21,23H,7,10,13-17H2,1-3H3,(H,26,28)/t21-/m0/s1. The number of nitrogens with zero attached hydrogens (tertiary/aromatic N) is 1. The highest BCUT2D eigenvalue weighted by molar-refractivity contribution is 7.89. The van der Waals surface area contributed by atoms with Gasteiger partial charge in [0.1, 0.15) is 0 Å². The van der Waals surface area contributed by atoms with Crippen molar-refractivity contribution in [2.45, 2.75) is 52.5 Å². The first-order valence-corrected chi connectivity index (χ1v) is 12.8. The summed E-state index contributed by atoms with van der Waals surface area (Å²) in [4.78, 5) is 12.7. The fourth-order valence-corrected chi connectivity index (χ4v) is 5.61. The average molecular weight is 443 g/mol. The number of carbonyl (C=O) groups excluding carboxylic acids is 1. The number of nitrogens with one attached hydrogen (secondary N) is 1. The number of hydrogen-bond acceptors (Lipinski definition) is 3. The molecule has 0 unspecified atom stereocenters. The summed E-state index contributed by atoms with van der Waals surface area (Å²) in [5, 5.41) is 3.11. The number of benzene rings is 2. The molecule has 31 heavy (non-hydrogen) atoms. The lowest BCUT2D eigenvalue weighted by Crippen LogP contribution is -2.44. The Morgan fingerprint density at radius 2 is 1.74 bits per heavy atom. The number of hydrogen-bond donors (Lipinski definition) is 1. The van der Waals surface area contributed by atoms with Crippen molar-refractivity contribution in [1.29, 1.82) is 0 Å². The molecule has 1 fully saturated rings. The van der Waals surface area contributed by atoms with Crippen LogP contribution in [0.4, 0.5) is 0 Å². The van der Waals surface area contributed by atoms with Crippen molar-refractivity contribution in [3.63, 3.8) is 0 Å². The van der Waals surface area contributed by atoms with Gasteiger partial charge >= 0.3 is 0 Å². The molecule has 3 rings (SSSR count). The first kappa shape index (κ1) is 23.5. The van der Waals surface area contributed by atoms with Crippen molar-refractivity contribution in [3.05, 3.63) is 70.8 Å². The van der Waals surface area contributed by atoms with Gasteiger partial charge < -0.3 is 5.32 Å². The minimum Gasteiger partial charge on any atom is -0.349 e. The van der Waals surface area contributed by atoms with Crippen LogP contribution in [-0.4, -0.2) is 37.5 Å². The molecule has 1 saturated heterocycles. The van der Waals surface area contributed by atoms with Gasteiger partial charge in [0.25, 0.3) is 0 Å². The van der Waals surface area contributed by atoms with Crippen LogP contribution in [0.15, 0.2) is 48.5 Å². The van der Waals surface area contributed by atoms with Crippen molar-refractivity contribution in [3.8, 4) is 0 Å². The summed E-state index contributed by atoms with van der Waals surface area (Å²) in [5.74, 6) is 0.0411. The Labute approximate surface area is 186 Å². The topological polar surface area (TPSA) is 66.5 Å². The highest BCUT2D eigenvalue weighted by atomic mass is 32.2. The zero-order valence-electron chi connectivity index (χ0n) is 18.8. The molecule has 6 heteroatoms. The van der Waals surface area contributed by atoms with Crippen LogP contribution in [0.25, 0.3) is 0 Å². The van der Waals surface area contributed by atoms with E-state index in [4.69, 9.17) is 0 Å². The Balaban J connectivity index is 1.46. The van der Waals surface area contributed by atoms with Crippen LogP contribution in [0.1, 0.15) is 54.5 Å². The summed E-state index contributed by atoms with van der Waals surface area (Å²) in [7, 11) is -3.28. The molecular formula is C25H34N2O3S. The number of piperidine rings is 1. The Hall–Kier alpha value is -2.18. The molecule has 1 N–H and O–H groups in total. The van der Waals surface area contributed by atoms with Gasteiger partial charge in [0.2, 0.25) is 15.9 Å².